The summed E-state index contributed by atoms with van der Waals surface area (Å²) in [5, 5.41) is 0. The molecule has 3 heteroatoms. The molecule has 2 aliphatic heterocycles. The third-order valence-electron chi connectivity index (χ3n) is 5.90. The van der Waals surface area contributed by atoms with E-state index in [9.17, 15) is 4.79 Å². The summed E-state index contributed by atoms with van der Waals surface area (Å²) in [7, 11) is 0. The maximum Gasteiger partial charge on any atom is 0.312 e. The Balaban J connectivity index is 1.55. The van der Waals surface area contributed by atoms with Crippen LogP contribution in [0.5, 0.6) is 0 Å². The second-order valence-electron chi connectivity index (χ2n) is 7.31. The number of hydrogen-bond acceptors (Lipinski definition) is 3. The summed E-state index contributed by atoms with van der Waals surface area (Å²) >= 11 is 0. The molecule has 0 aliphatic carbocycles. The molecule has 0 spiro atoms. The number of nitrogens with zero attached hydrogens (tertiary/aromatic N) is 1. The molecular weight excluding hydrogens is 286 g/mol. The number of carbonyl (C=O) groups is 1. The van der Waals surface area contributed by atoms with Crippen LogP contribution in [0.1, 0.15) is 56.2 Å². The Morgan fingerprint density at radius 3 is 2.74 bits per heavy atom. The molecular formula is C20H29NO2. The molecule has 1 aromatic rings. The maximum atomic E-state index is 12.2. The van der Waals surface area contributed by atoms with Crippen LogP contribution >= 0.6 is 0 Å². The first-order chi connectivity index (χ1) is 11.1. The summed E-state index contributed by atoms with van der Waals surface area (Å²) in [5.41, 5.74) is 4.09. The Morgan fingerprint density at radius 1 is 1.26 bits per heavy atom. The van der Waals surface area contributed by atoms with Gasteiger partial charge >= 0.3 is 5.97 Å². The van der Waals surface area contributed by atoms with E-state index in [2.05, 4.69) is 43.9 Å². The van der Waals surface area contributed by atoms with E-state index in [4.69, 9.17) is 4.74 Å². The third-order valence-corrected chi connectivity index (χ3v) is 5.90. The van der Waals surface area contributed by atoms with E-state index < -0.39 is 0 Å². The van der Waals surface area contributed by atoms with Crippen molar-refractivity contribution in [3.05, 3.63) is 34.9 Å². The second-order valence-corrected chi connectivity index (χ2v) is 7.31. The lowest BCUT2D eigenvalue weighted by Gasteiger charge is -2.29. The van der Waals surface area contributed by atoms with Gasteiger partial charge in [-0.2, -0.15) is 0 Å². The van der Waals surface area contributed by atoms with Crippen molar-refractivity contribution >= 4 is 5.97 Å². The summed E-state index contributed by atoms with van der Waals surface area (Å²) in [5.74, 6) is 0.0344. The van der Waals surface area contributed by atoms with Crippen LogP contribution in [-0.2, 0) is 22.5 Å². The fourth-order valence-corrected chi connectivity index (χ4v) is 4.09. The monoisotopic (exact) mass is 315 g/mol. The molecule has 1 aromatic carbocycles. The minimum atomic E-state index is -0.212. The van der Waals surface area contributed by atoms with E-state index in [-0.39, 0.29) is 17.5 Å². The average molecular weight is 315 g/mol. The van der Waals surface area contributed by atoms with Crippen molar-refractivity contribution in [3.63, 3.8) is 0 Å². The predicted molar refractivity (Wildman–Crippen MR) is 92.3 cm³/mol. The molecule has 0 N–H and O–H groups in total. The first-order valence-corrected chi connectivity index (χ1v) is 9.08. The fraction of sp³-hybridized carbons (Fsp3) is 0.650. The molecule has 23 heavy (non-hydrogen) atoms. The Hall–Kier alpha value is -1.35. The lowest BCUT2D eigenvalue weighted by atomic mass is 9.79. The highest BCUT2D eigenvalue weighted by atomic mass is 16.6. The lowest BCUT2D eigenvalue weighted by Crippen LogP contribution is -2.33. The van der Waals surface area contributed by atoms with Gasteiger partial charge in [0.25, 0.3) is 0 Å². The predicted octanol–water partition coefficient (Wildman–Crippen LogP) is 3.87. The van der Waals surface area contributed by atoms with Gasteiger partial charge in [-0.3, -0.25) is 9.69 Å². The highest BCUT2D eigenvalue weighted by Gasteiger charge is 2.46. The molecule has 0 amide bonds. The summed E-state index contributed by atoms with van der Waals surface area (Å²) in [6, 6.07) is 6.80. The molecule has 1 unspecified atom stereocenters. The number of esters is 1. The van der Waals surface area contributed by atoms with Gasteiger partial charge in [-0.1, -0.05) is 37.6 Å². The van der Waals surface area contributed by atoms with Gasteiger partial charge in [-0.25, -0.2) is 0 Å². The molecule has 3 rings (SSSR count). The SMILES string of the molecule is CCC1(CC)CC(CCN2CCc3ccc(C)cc3C2)OC1=O. The first-order valence-electron chi connectivity index (χ1n) is 9.08. The number of hydrogen-bond donors (Lipinski definition) is 0. The van der Waals surface area contributed by atoms with Gasteiger partial charge in [0.05, 0.1) is 5.41 Å². The van der Waals surface area contributed by atoms with Crippen molar-refractivity contribution in [2.45, 2.75) is 65.5 Å². The quantitative estimate of drug-likeness (QED) is 0.773. The van der Waals surface area contributed by atoms with Gasteiger partial charge in [0, 0.05) is 26.1 Å². The van der Waals surface area contributed by atoms with Gasteiger partial charge in [0.1, 0.15) is 6.10 Å². The molecule has 0 aromatic heterocycles. The van der Waals surface area contributed by atoms with Gasteiger partial charge in [0.2, 0.25) is 0 Å². The second kappa shape index (κ2) is 6.64. The zero-order valence-electron chi connectivity index (χ0n) is 14.7. The van der Waals surface area contributed by atoms with Gasteiger partial charge < -0.3 is 4.74 Å². The summed E-state index contributed by atoms with van der Waals surface area (Å²) in [4.78, 5) is 14.7. The number of fused-ring (bicyclic) bond motifs is 1. The zero-order chi connectivity index (χ0) is 16.4. The van der Waals surface area contributed by atoms with Crippen molar-refractivity contribution in [1.29, 1.82) is 0 Å². The van der Waals surface area contributed by atoms with Gasteiger partial charge in [-0.15, -0.1) is 0 Å². The number of cyclic esters (lactones) is 1. The molecule has 1 saturated heterocycles. The zero-order valence-corrected chi connectivity index (χ0v) is 14.7. The summed E-state index contributed by atoms with van der Waals surface area (Å²) in [6.45, 7) is 9.54. The van der Waals surface area contributed by atoms with E-state index in [1.165, 1.54) is 16.7 Å². The highest BCUT2D eigenvalue weighted by Crippen LogP contribution is 2.41. The van der Waals surface area contributed by atoms with Crippen LogP contribution in [-0.4, -0.2) is 30.1 Å². The smallest absolute Gasteiger partial charge is 0.312 e. The Kier molecular flexibility index (Phi) is 4.77. The van der Waals surface area contributed by atoms with Crippen LogP contribution < -0.4 is 0 Å². The van der Waals surface area contributed by atoms with Crippen LogP contribution in [0, 0.1) is 12.3 Å². The standard InChI is InChI=1S/C20H29NO2/c1-4-20(5-2)13-18(23-19(20)22)9-11-21-10-8-16-7-6-15(3)12-17(16)14-21/h6-7,12,18H,4-5,8-11,13-14H2,1-3H3. The minimum Gasteiger partial charge on any atom is -0.462 e. The van der Waals surface area contributed by atoms with E-state index in [0.29, 0.717) is 0 Å². The van der Waals surface area contributed by atoms with E-state index in [1.54, 1.807) is 0 Å². The average Bonchev–Trinajstić information content (AvgIpc) is 2.89. The molecule has 1 atom stereocenters. The molecule has 1 fully saturated rings. The molecule has 2 heterocycles. The molecule has 0 radical (unpaired) electrons. The van der Waals surface area contributed by atoms with E-state index >= 15 is 0 Å². The van der Waals surface area contributed by atoms with Crippen LogP contribution in [0.2, 0.25) is 0 Å². The third kappa shape index (κ3) is 3.30. The van der Waals surface area contributed by atoms with Crippen molar-refractivity contribution in [3.8, 4) is 0 Å². The summed E-state index contributed by atoms with van der Waals surface area (Å²) < 4.78 is 5.67. The number of ether oxygens (including phenoxy) is 1. The Morgan fingerprint density at radius 2 is 2.04 bits per heavy atom. The molecule has 3 nitrogen and oxygen atoms in total. The normalized spacial score (nSPS) is 23.6. The fourth-order valence-electron chi connectivity index (χ4n) is 4.09. The number of benzene rings is 1. The molecule has 2 aliphatic rings. The van der Waals surface area contributed by atoms with Crippen LogP contribution in [0.4, 0.5) is 0 Å². The van der Waals surface area contributed by atoms with Crippen LogP contribution in [0.25, 0.3) is 0 Å². The van der Waals surface area contributed by atoms with E-state index in [1.807, 2.05) is 0 Å². The van der Waals surface area contributed by atoms with Gasteiger partial charge in [-0.05, 0) is 43.7 Å². The Bertz CT molecular complexity index is 577. The maximum absolute atomic E-state index is 12.2. The van der Waals surface area contributed by atoms with Crippen molar-refractivity contribution in [2.24, 2.45) is 5.41 Å². The van der Waals surface area contributed by atoms with Crippen molar-refractivity contribution < 1.29 is 9.53 Å². The number of aryl methyl sites for hydroxylation is 1. The molecule has 0 saturated carbocycles. The minimum absolute atomic E-state index is 0.0344. The van der Waals surface area contributed by atoms with Crippen LogP contribution in [0.15, 0.2) is 18.2 Å². The highest BCUT2D eigenvalue weighted by molar-refractivity contribution is 5.78. The van der Waals surface area contributed by atoms with Gasteiger partial charge in [0.15, 0.2) is 0 Å². The first kappa shape index (κ1) is 16.5. The lowest BCUT2D eigenvalue weighted by molar-refractivity contribution is -0.149. The molecule has 0 bridgehead atoms. The van der Waals surface area contributed by atoms with Crippen molar-refractivity contribution in [2.75, 3.05) is 13.1 Å². The van der Waals surface area contributed by atoms with Crippen molar-refractivity contribution in [1.82, 2.24) is 4.90 Å². The topological polar surface area (TPSA) is 29.5 Å². The van der Waals surface area contributed by atoms with Crippen LogP contribution in [0.3, 0.4) is 0 Å². The number of rotatable bonds is 5. The summed E-state index contributed by atoms with van der Waals surface area (Å²) in [6.07, 6.45) is 4.91. The largest absolute Gasteiger partial charge is 0.462 e. The Labute approximate surface area is 140 Å². The molecule has 126 valence electrons. The van der Waals surface area contributed by atoms with E-state index in [0.717, 1.165) is 51.7 Å². The number of carbonyl (C=O) groups excluding carboxylic acids is 1.